The molecular weight excluding hydrogens is 201 g/mol. The second-order valence-electron chi connectivity index (χ2n) is 2.88. The Morgan fingerprint density at radius 2 is 2.00 bits per heavy atom. The number of ether oxygens (including phenoxy) is 1. The normalized spacial score (nSPS) is 8.87. The standard InChI is InChI=1S/C11H15NO2.Na/c1-2-14-11(13)12-9-8-10-6-4-3-5-7-10;/h3-7H,2,8-9H2,1H3,(H,12,13);. The van der Waals surface area contributed by atoms with Gasteiger partial charge in [0.15, 0.2) is 0 Å². The number of hydrogen-bond acceptors (Lipinski definition) is 2. The third kappa shape index (κ3) is 6.55. The monoisotopic (exact) mass is 216 g/mol. The molecular formula is C11H15NNaO2. The first-order valence-electron chi connectivity index (χ1n) is 4.77. The van der Waals surface area contributed by atoms with Crippen LogP contribution in [0, 0.1) is 0 Å². The summed E-state index contributed by atoms with van der Waals surface area (Å²) >= 11 is 0. The smallest absolute Gasteiger partial charge is 0.407 e. The van der Waals surface area contributed by atoms with E-state index in [-0.39, 0.29) is 35.7 Å². The van der Waals surface area contributed by atoms with Crippen LogP contribution in [0.5, 0.6) is 0 Å². The molecule has 0 heterocycles. The summed E-state index contributed by atoms with van der Waals surface area (Å²) in [6.07, 6.45) is 0.489. The Bertz CT molecular complexity index is 277. The summed E-state index contributed by atoms with van der Waals surface area (Å²) in [5.41, 5.74) is 1.21. The first-order valence-corrected chi connectivity index (χ1v) is 4.77. The molecule has 1 amide bonds. The zero-order chi connectivity index (χ0) is 10.2. The Kier molecular flexibility index (Phi) is 8.47. The van der Waals surface area contributed by atoms with Crippen molar-refractivity contribution in [2.45, 2.75) is 13.3 Å². The summed E-state index contributed by atoms with van der Waals surface area (Å²) in [5, 5.41) is 2.67. The van der Waals surface area contributed by atoms with Gasteiger partial charge in [0.2, 0.25) is 0 Å². The number of hydrogen-bond donors (Lipinski definition) is 1. The van der Waals surface area contributed by atoms with Crippen LogP contribution >= 0.6 is 0 Å². The van der Waals surface area contributed by atoms with E-state index < -0.39 is 0 Å². The van der Waals surface area contributed by atoms with Crippen molar-refractivity contribution < 1.29 is 9.53 Å². The number of nitrogens with one attached hydrogen (secondary N) is 1. The summed E-state index contributed by atoms with van der Waals surface area (Å²) in [6.45, 7) is 2.82. The molecule has 3 nitrogen and oxygen atoms in total. The Hall–Kier alpha value is -0.510. The average molecular weight is 216 g/mol. The molecule has 1 N–H and O–H groups in total. The van der Waals surface area contributed by atoms with E-state index in [1.807, 2.05) is 30.3 Å². The van der Waals surface area contributed by atoms with Gasteiger partial charge in [-0.2, -0.15) is 0 Å². The minimum atomic E-state index is -0.344. The molecule has 0 aliphatic heterocycles. The van der Waals surface area contributed by atoms with Gasteiger partial charge in [-0.1, -0.05) is 30.3 Å². The molecule has 1 aromatic carbocycles. The predicted molar refractivity (Wildman–Crippen MR) is 60.9 cm³/mol. The van der Waals surface area contributed by atoms with E-state index in [0.717, 1.165) is 6.42 Å². The van der Waals surface area contributed by atoms with Crippen LogP contribution < -0.4 is 5.32 Å². The van der Waals surface area contributed by atoms with Crippen LogP contribution in [0.2, 0.25) is 0 Å². The second kappa shape index (κ2) is 8.77. The average Bonchev–Trinajstić information content (AvgIpc) is 2.20. The van der Waals surface area contributed by atoms with Crippen LogP contribution in [0.1, 0.15) is 12.5 Å². The van der Waals surface area contributed by atoms with Gasteiger partial charge in [0, 0.05) is 36.1 Å². The van der Waals surface area contributed by atoms with E-state index in [0.29, 0.717) is 13.2 Å². The molecule has 4 heteroatoms. The number of alkyl carbamates (subject to hydrolysis) is 1. The zero-order valence-corrected chi connectivity index (χ0v) is 11.3. The van der Waals surface area contributed by atoms with Crippen molar-refractivity contribution in [1.82, 2.24) is 5.32 Å². The van der Waals surface area contributed by atoms with E-state index in [1.165, 1.54) is 5.56 Å². The number of carbonyl (C=O) groups excluding carboxylic acids is 1. The van der Waals surface area contributed by atoms with Crippen LogP contribution in [-0.4, -0.2) is 48.8 Å². The van der Waals surface area contributed by atoms with Crippen LogP contribution in [0.4, 0.5) is 4.79 Å². The summed E-state index contributed by atoms with van der Waals surface area (Å²) in [7, 11) is 0. The summed E-state index contributed by atoms with van der Waals surface area (Å²) in [5.74, 6) is 0. The fourth-order valence-electron chi connectivity index (χ4n) is 1.14. The van der Waals surface area contributed by atoms with Gasteiger partial charge in [-0.05, 0) is 18.9 Å². The molecule has 0 atom stereocenters. The van der Waals surface area contributed by atoms with Crippen molar-refractivity contribution in [2.24, 2.45) is 0 Å². The Morgan fingerprint density at radius 3 is 2.60 bits per heavy atom. The molecule has 77 valence electrons. The van der Waals surface area contributed by atoms with Gasteiger partial charge in [-0.25, -0.2) is 4.79 Å². The van der Waals surface area contributed by atoms with Crippen molar-refractivity contribution in [3.8, 4) is 0 Å². The van der Waals surface area contributed by atoms with Gasteiger partial charge >= 0.3 is 6.09 Å². The molecule has 1 rings (SSSR count). The fraction of sp³-hybridized carbons (Fsp3) is 0.364. The Labute approximate surface area is 112 Å². The van der Waals surface area contributed by atoms with Gasteiger partial charge < -0.3 is 10.1 Å². The van der Waals surface area contributed by atoms with Gasteiger partial charge in [0.05, 0.1) is 6.61 Å². The van der Waals surface area contributed by atoms with Crippen molar-refractivity contribution >= 4 is 35.7 Å². The maximum Gasteiger partial charge on any atom is 0.407 e. The van der Waals surface area contributed by atoms with Crippen molar-refractivity contribution in [3.05, 3.63) is 35.9 Å². The molecule has 0 fully saturated rings. The minimum Gasteiger partial charge on any atom is -0.450 e. The molecule has 0 spiro atoms. The first kappa shape index (κ1) is 14.5. The van der Waals surface area contributed by atoms with Crippen LogP contribution in [0.3, 0.4) is 0 Å². The van der Waals surface area contributed by atoms with Crippen molar-refractivity contribution in [3.63, 3.8) is 0 Å². The van der Waals surface area contributed by atoms with Gasteiger partial charge in [-0.3, -0.25) is 0 Å². The van der Waals surface area contributed by atoms with Crippen molar-refractivity contribution in [1.29, 1.82) is 0 Å². The maximum atomic E-state index is 10.9. The number of rotatable bonds is 4. The van der Waals surface area contributed by atoms with E-state index in [9.17, 15) is 4.79 Å². The summed E-state index contributed by atoms with van der Waals surface area (Å²) in [4.78, 5) is 10.9. The van der Waals surface area contributed by atoms with Crippen molar-refractivity contribution in [2.75, 3.05) is 13.2 Å². The second-order valence-corrected chi connectivity index (χ2v) is 2.88. The first-order chi connectivity index (χ1) is 6.83. The molecule has 1 radical (unpaired) electrons. The number of amides is 1. The number of carbonyl (C=O) groups is 1. The molecule has 0 aliphatic carbocycles. The third-order valence-corrected chi connectivity index (χ3v) is 1.80. The molecule has 0 saturated heterocycles. The van der Waals surface area contributed by atoms with Crippen LogP contribution in [0.15, 0.2) is 30.3 Å². The minimum absolute atomic E-state index is 0. The fourth-order valence-corrected chi connectivity index (χ4v) is 1.14. The molecule has 0 aliphatic rings. The molecule has 0 aromatic heterocycles. The zero-order valence-electron chi connectivity index (χ0n) is 9.32. The predicted octanol–water partition coefficient (Wildman–Crippen LogP) is 1.59. The van der Waals surface area contributed by atoms with Gasteiger partial charge in [0.25, 0.3) is 0 Å². The van der Waals surface area contributed by atoms with Crippen LogP contribution in [0.25, 0.3) is 0 Å². The summed E-state index contributed by atoms with van der Waals surface area (Å²) in [6, 6.07) is 10.0. The van der Waals surface area contributed by atoms with E-state index in [1.54, 1.807) is 6.92 Å². The third-order valence-electron chi connectivity index (χ3n) is 1.80. The molecule has 0 unspecified atom stereocenters. The largest absolute Gasteiger partial charge is 0.450 e. The van der Waals surface area contributed by atoms with E-state index in [4.69, 9.17) is 4.74 Å². The SMILES string of the molecule is CCOC(=O)NCCc1ccccc1.[Na]. The molecule has 1 aromatic rings. The topological polar surface area (TPSA) is 38.3 Å². The molecule has 15 heavy (non-hydrogen) atoms. The van der Waals surface area contributed by atoms with E-state index >= 15 is 0 Å². The molecule has 0 bridgehead atoms. The maximum absolute atomic E-state index is 10.9. The van der Waals surface area contributed by atoms with Crippen LogP contribution in [-0.2, 0) is 11.2 Å². The van der Waals surface area contributed by atoms with E-state index in [2.05, 4.69) is 5.32 Å². The number of benzene rings is 1. The Balaban J connectivity index is 0.00000196. The quantitative estimate of drug-likeness (QED) is 0.776. The summed E-state index contributed by atoms with van der Waals surface area (Å²) < 4.78 is 4.73. The Morgan fingerprint density at radius 1 is 1.33 bits per heavy atom. The molecule has 0 saturated carbocycles. The van der Waals surface area contributed by atoms with Gasteiger partial charge in [0.1, 0.15) is 0 Å². The van der Waals surface area contributed by atoms with Gasteiger partial charge in [-0.15, -0.1) is 0 Å².